The second kappa shape index (κ2) is 8.36. The lowest BCUT2D eigenvalue weighted by atomic mass is 10.1. The van der Waals surface area contributed by atoms with Crippen molar-refractivity contribution in [2.24, 2.45) is 0 Å². The Morgan fingerprint density at radius 1 is 1.10 bits per heavy atom. The number of alkyl halides is 6. The molecule has 2 heterocycles. The minimum absolute atomic E-state index is 0.0568. The van der Waals surface area contributed by atoms with Crippen molar-refractivity contribution in [2.45, 2.75) is 31.5 Å². The van der Waals surface area contributed by atoms with Crippen molar-refractivity contribution in [3.63, 3.8) is 0 Å². The van der Waals surface area contributed by atoms with Crippen LogP contribution in [-0.2, 0) is 6.18 Å². The van der Waals surface area contributed by atoms with E-state index >= 15 is 0 Å². The van der Waals surface area contributed by atoms with Crippen molar-refractivity contribution in [3.05, 3.63) is 47.8 Å². The zero-order chi connectivity index (χ0) is 21.9. The molecule has 0 radical (unpaired) electrons. The molecule has 0 N–H and O–H groups in total. The highest BCUT2D eigenvalue weighted by Gasteiger charge is 2.35. The smallest absolute Gasteiger partial charge is 0.458 e. The molecule has 1 aromatic heterocycles. The lowest BCUT2D eigenvalue weighted by Gasteiger charge is -2.32. The highest BCUT2D eigenvalue weighted by atomic mass is 19.4. The number of carbonyl (C=O) groups excluding carboxylic acids is 1. The normalized spacial score (nSPS) is 17.5. The van der Waals surface area contributed by atoms with Crippen LogP contribution in [0.25, 0.3) is 0 Å². The predicted octanol–water partition coefficient (Wildman–Crippen LogP) is 4.08. The molecular formula is C18H15F6N3O3. The Hall–Kier alpha value is -3.05. The van der Waals surface area contributed by atoms with E-state index in [-0.39, 0.29) is 18.7 Å². The van der Waals surface area contributed by atoms with Gasteiger partial charge in [0.15, 0.2) is 5.69 Å². The maximum absolute atomic E-state index is 12.8. The van der Waals surface area contributed by atoms with Crippen molar-refractivity contribution in [2.75, 3.05) is 13.1 Å². The Morgan fingerprint density at radius 3 is 2.53 bits per heavy atom. The maximum Gasteiger partial charge on any atom is 0.573 e. The number of amides is 1. The number of nitrogens with zero attached hydrogens (tertiary/aromatic N) is 3. The number of benzene rings is 1. The molecule has 0 spiro atoms. The van der Waals surface area contributed by atoms with Crippen molar-refractivity contribution >= 4 is 5.91 Å². The Kier molecular flexibility index (Phi) is 6.04. The molecule has 1 amide bonds. The fraction of sp³-hybridized carbons (Fsp3) is 0.389. The molecule has 1 aliphatic rings. The summed E-state index contributed by atoms with van der Waals surface area (Å²) in [6.07, 6.45) is -8.62. The summed E-state index contributed by atoms with van der Waals surface area (Å²) in [6, 6.07) is 5.11. The predicted molar refractivity (Wildman–Crippen MR) is 89.7 cm³/mol. The van der Waals surface area contributed by atoms with E-state index in [0.717, 1.165) is 12.3 Å². The minimum atomic E-state index is -4.97. The van der Waals surface area contributed by atoms with Crippen LogP contribution in [0.5, 0.6) is 11.8 Å². The number of hydrogen-bond donors (Lipinski definition) is 0. The van der Waals surface area contributed by atoms with Crippen LogP contribution in [0.3, 0.4) is 0 Å². The zero-order valence-corrected chi connectivity index (χ0v) is 15.2. The number of aromatic nitrogens is 2. The molecule has 1 unspecified atom stereocenters. The number of hydrogen-bond acceptors (Lipinski definition) is 5. The topological polar surface area (TPSA) is 64.5 Å². The van der Waals surface area contributed by atoms with E-state index in [2.05, 4.69) is 14.7 Å². The largest absolute Gasteiger partial charge is 0.573 e. The molecule has 1 aliphatic heterocycles. The number of halogens is 6. The van der Waals surface area contributed by atoms with Crippen LogP contribution >= 0.6 is 0 Å². The Bertz CT molecular complexity index is 903. The number of para-hydroxylation sites is 1. The van der Waals surface area contributed by atoms with Crippen molar-refractivity contribution in [1.29, 1.82) is 0 Å². The molecule has 1 atom stereocenters. The maximum atomic E-state index is 12.8. The quantitative estimate of drug-likeness (QED) is 0.678. The van der Waals surface area contributed by atoms with E-state index in [9.17, 15) is 31.1 Å². The first kappa shape index (κ1) is 21.7. The van der Waals surface area contributed by atoms with Gasteiger partial charge >= 0.3 is 18.5 Å². The van der Waals surface area contributed by atoms with E-state index in [1.165, 1.54) is 23.1 Å². The van der Waals surface area contributed by atoms with Gasteiger partial charge in [-0.05, 0) is 31.0 Å². The average molecular weight is 435 g/mol. The van der Waals surface area contributed by atoms with Gasteiger partial charge in [0.05, 0.1) is 12.1 Å². The monoisotopic (exact) mass is 435 g/mol. The second-order valence-electron chi connectivity index (χ2n) is 6.40. The lowest BCUT2D eigenvalue weighted by Crippen LogP contribution is -2.44. The number of rotatable bonds is 4. The zero-order valence-electron chi connectivity index (χ0n) is 15.2. The first-order chi connectivity index (χ1) is 14.0. The lowest BCUT2D eigenvalue weighted by molar-refractivity contribution is -0.274. The molecule has 0 saturated carbocycles. The third kappa shape index (κ3) is 5.51. The molecule has 162 valence electrons. The number of piperidine rings is 1. The van der Waals surface area contributed by atoms with Crippen LogP contribution in [-0.4, -0.2) is 46.3 Å². The van der Waals surface area contributed by atoms with Crippen LogP contribution in [0, 0.1) is 0 Å². The Labute approximate surface area is 166 Å². The van der Waals surface area contributed by atoms with Crippen LogP contribution in [0.2, 0.25) is 0 Å². The van der Waals surface area contributed by atoms with Gasteiger partial charge in [0.25, 0.3) is 5.91 Å². The second-order valence-corrected chi connectivity index (χ2v) is 6.40. The summed E-state index contributed by atoms with van der Waals surface area (Å²) in [4.78, 5) is 20.9. The molecule has 0 bridgehead atoms. The number of carbonyl (C=O) groups is 1. The van der Waals surface area contributed by atoms with Gasteiger partial charge in [-0.15, -0.1) is 13.2 Å². The summed E-state index contributed by atoms with van der Waals surface area (Å²) in [6.45, 7) is 0.182. The average Bonchev–Trinajstić information content (AvgIpc) is 2.66. The molecule has 1 aromatic carbocycles. The molecule has 1 fully saturated rings. The number of likely N-dealkylation sites (tertiary alicyclic amines) is 1. The minimum Gasteiger partial charge on any atom is -0.458 e. The first-order valence-electron chi connectivity index (χ1n) is 8.74. The summed E-state index contributed by atoms with van der Waals surface area (Å²) < 4.78 is 85.4. The third-order valence-electron chi connectivity index (χ3n) is 4.20. The summed E-state index contributed by atoms with van der Waals surface area (Å²) in [5.74, 6) is -1.35. The van der Waals surface area contributed by atoms with E-state index in [1.54, 1.807) is 0 Å². The van der Waals surface area contributed by atoms with Crippen LogP contribution in [0.15, 0.2) is 36.5 Å². The highest BCUT2D eigenvalue weighted by molar-refractivity contribution is 5.97. The molecule has 3 rings (SSSR count). The Morgan fingerprint density at radius 2 is 1.83 bits per heavy atom. The van der Waals surface area contributed by atoms with Crippen LogP contribution in [0.4, 0.5) is 26.3 Å². The molecular weight excluding hydrogens is 420 g/mol. The molecule has 6 nitrogen and oxygen atoms in total. The molecule has 30 heavy (non-hydrogen) atoms. The van der Waals surface area contributed by atoms with Gasteiger partial charge < -0.3 is 14.4 Å². The number of ether oxygens (including phenoxy) is 2. The molecule has 2 aromatic rings. The fourth-order valence-corrected chi connectivity index (χ4v) is 2.95. The van der Waals surface area contributed by atoms with Gasteiger partial charge in [0.2, 0.25) is 0 Å². The molecule has 1 saturated heterocycles. The summed E-state index contributed by atoms with van der Waals surface area (Å²) in [5, 5.41) is 0. The summed E-state index contributed by atoms with van der Waals surface area (Å²) in [5.41, 5.74) is -1.46. The van der Waals surface area contributed by atoms with E-state index < -0.39 is 42.0 Å². The molecule has 0 aliphatic carbocycles. The van der Waals surface area contributed by atoms with Crippen molar-refractivity contribution in [1.82, 2.24) is 14.9 Å². The SMILES string of the molecule is O=C(c1ccccc1OC(F)(F)F)N1CCCC(Oc2nccc(C(F)(F)F)n2)C1. The van der Waals surface area contributed by atoms with Gasteiger partial charge in [0, 0.05) is 12.7 Å². The van der Waals surface area contributed by atoms with Gasteiger partial charge in [-0.2, -0.15) is 18.2 Å². The first-order valence-corrected chi connectivity index (χ1v) is 8.74. The van der Waals surface area contributed by atoms with E-state index in [4.69, 9.17) is 4.74 Å². The van der Waals surface area contributed by atoms with Gasteiger partial charge in [0.1, 0.15) is 11.9 Å². The Balaban J connectivity index is 1.72. The highest BCUT2D eigenvalue weighted by Crippen LogP contribution is 2.30. The standard InChI is InChI=1S/C18H15F6N3O3/c19-17(20,21)14-7-8-25-16(26-14)29-11-4-3-9-27(10-11)15(28)12-5-1-2-6-13(12)30-18(22,23)24/h1-2,5-8,11H,3-4,9-10H2. The van der Waals surface area contributed by atoms with Gasteiger partial charge in [-0.1, -0.05) is 12.1 Å². The van der Waals surface area contributed by atoms with Crippen molar-refractivity contribution in [3.8, 4) is 11.8 Å². The summed E-state index contributed by atoms with van der Waals surface area (Å²) >= 11 is 0. The van der Waals surface area contributed by atoms with Crippen molar-refractivity contribution < 1.29 is 40.6 Å². The third-order valence-corrected chi connectivity index (χ3v) is 4.20. The van der Waals surface area contributed by atoms with Crippen LogP contribution in [0.1, 0.15) is 28.9 Å². The van der Waals surface area contributed by atoms with Crippen LogP contribution < -0.4 is 9.47 Å². The van der Waals surface area contributed by atoms with Gasteiger partial charge in [-0.25, -0.2) is 4.98 Å². The molecule has 12 heteroatoms. The fourth-order valence-electron chi connectivity index (χ4n) is 2.95. The van der Waals surface area contributed by atoms with E-state index in [1.807, 2.05) is 0 Å². The summed E-state index contributed by atoms with van der Waals surface area (Å²) in [7, 11) is 0. The van der Waals surface area contributed by atoms with E-state index in [0.29, 0.717) is 18.9 Å². The van der Waals surface area contributed by atoms with Gasteiger partial charge in [-0.3, -0.25) is 4.79 Å².